The van der Waals surface area contributed by atoms with Gasteiger partial charge in [0, 0.05) is 5.39 Å². The zero-order valence-corrected chi connectivity index (χ0v) is 15.7. The van der Waals surface area contributed by atoms with Crippen LogP contribution in [0.25, 0.3) is 11.0 Å². The minimum Gasteiger partial charge on any atom is -0.504 e. The predicted molar refractivity (Wildman–Crippen MR) is 102 cm³/mol. The van der Waals surface area contributed by atoms with Gasteiger partial charge in [0.25, 0.3) is 0 Å². The number of aromatic nitrogens is 1. The number of ether oxygens (including phenoxy) is 1. The first kappa shape index (κ1) is 19.4. The lowest BCUT2D eigenvalue weighted by Crippen LogP contribution is -2.21. The summed E-state index contributed by atoms with van der Waals surface area (Å²) in [6.45, 7) is 1.62. The number of methoxy groups -OCH3 is 1. The number of aldehydes is 1. The summed E-state index contributed by atoms with van der Waals surface area (Å²) in [6.07, 6.45) is 1.51. The fourth-order valence-electron chi connectivity index (χ4n) is 2.79. The number of hydrogen-bond donors (Lipinski definition) is 2. The number of aryl methyl sites for hydroxylation is 1. The Morgan fingerprint density at radius 1 is 1.43 bits per heavy atom. The third kappa shape index (κ3) is 3.54. The topological polar surface area (TPSA) is 119 Å². The number of nitrogens with one attached hydrogen (secondary N) is 1. The average molecular weight is 403 g/mol. The predicted octanol–water partition coefficient (Wildman–Crippen LogP) is 2.86. The number of phenolic OH excluding ortho intramolecular Hbond substituents is 1. The number of benzene rings is 1. The van der Waals surface area contributed by atoms with Crippen LogP contribution < -0.4 is 15.7 Å². The summed E-state index contributed by atoms with van der Waals surface area (Å²) in [6, 6.07) is 4.54. The Bertz CT molecular complexity index is 1140. The Kier molecular flexibility index (Phi) is 5.32. The molecule has 144 valence electrons. The molecule has 1 amide bonds. The third-order valence-corrected chi connectivity index (χ3v) is 4.46. The number of aromatic hydroxyl groups is 1. The van der Waals surface area contributed by atoms with Crippen molar-refractivity contribution in [2.45, 2.75) is 13.3 Å². The van der Waals surface area contributed by atoms with Gasteiger partial charge in [-0.3, -0.25) is 9.59 Å². The number of rotatable bonds is 5. The zero-order valence-electron chi connectivity index (χ0n) is 14.9. The summed E-state index contributed by atoms with van der Waals surface area (Å²) in [5.74, 6) is -0.831. The maximum atomic E-state index is 12.4. The molecule has 28 heavy (non-hydrogen) atoms. The molecule has 0 atom stereocenters. The number of fused-ring (bicyclic) bond motifs is 1. The highest BCUT2D eigenvalue weighted by Crippen LogP contribution is 2.36. The lowest BCUT2D eigenvalue weighted by atomic mass is 10.0. The van der Waals surface area contributed by atoms with Crippen molar-refractivity contribution in [2.75, 3.05) is 12.4 Å². The number of nitrogens with zero attached hydrogens (tertiary/aromatic N) is 1. The van der Waals surface area contributed by atoms with Crippen LogP contribution in [0.3, 0.4) is 0 Å². The molecule has 0 radical (unpaired) electrons. The van der Waals surface area contributed by atoms with E-state index < -0.39 is 17.3 Å². The molecular formula is C19H15ClN2O6. The van der Waals surface area contributed by atoms with Gasteiger partial charge in [0.1, 0.15) is 10.7 Å². The molecular weight excluding hydrogens is 388 g/mol. The smallest absolute Gasteiger partial charge is 0.340 e. The van der Waals surface area contributed by atoms with Gasteiger partial charge in [-0.15, -0.1) is 0 Å². The molecule has 1 aromatic carbocycles. The number of phenols is 1. The highest BCUT2D eigenvalue weighted by molar-refractivity contribution is 6.29. The molecule has 8 nitrogen and oxygen atoms in total. The quantitative estimate of drug-likeness (QED) is 0.382. The second kappa shape index (κ2) is 7.69. The van der Waals surface area contributed by atoms with Crippen LogP contribution in [0, 0.1) is 6.92 Å². The van der Waals surface area contributed by atoms with E-state index in [2.05, 4.69) is 10.3 Å². The average Bonchev–Trinajstić information content (AvgIpc) is 2.67. The summed E-state index contributed by atoms with van der Waals surface area (Å²) >= 11 is 5.71. The number of pyridine rings is 1. The fourth-order valence-corrected chi connectivity index (χ4v) is 2.91. The van der Waals surface area contributed by atoms with Crippen molar-refractivity contribution in [1.29, 1.82) is 0 Å². The number of halogens is 1. The first-order valence-corrected chi connectivity index (χ1v) is 8.46. The Morgan fingerprint density at radius 2 is 2.18 bits per heavy atom. The van der Waals surface area contributed by atoms with Crippen molar-refractivity contribution in [3.05, 3.63) is 56.7 Å². The van der Waals surface area contributed by atoms with Gasteiger partial charge < -0.3 is 19.6 Å². The van der Waals surface area contributed by atoms with Gasteiger partial charge in [-0.2, -0.15) is 0 Å². The molecule has 0 fully saturated rings. The van der Waals surface area contributed by atoms with Gasteiger partial charge in [0.2, 0.25) is 5.91 Å². The molecule has 0 unspecified atom stereocenters. The van der Waals surface area contributed by atoms with E-state index in [-0.39, 0.29) is 34.0 Å². The second-order valence-corrected chi connectivity index (χ2v) is 6.31. The highest BCUT2D eigenvalue weighted by atomic mass is 35.5. The van der Waals surface area contributed by atoms with E-state index in [1.807, 2.05) is 0 Å². The van der Waals surface area contributed by atoms with E-state index in [1.165, 1.54) is 25.4 Å². The maximum absolute atomic E-state index is 12.4. The minimum absolute atomic E-state index is 0.0502. The highest BCUT2D eigenvalue weighted by Gasteiger charge is 2.21. The van der Waals surface area contributed by atoms with E-state index in [1.54, 1.807) is 13.0 Å². The molecule has 0 saturated carbocycles. The number of hydrogen-bond acceptors (Lipinski definition) is 7. The molecule has 2 N–H and O–H groups in total. The number of carbonyl (C=O) groups is 2. The standard InChI is InChI=1S/C19H15ClN2O6/c1-9-11-5-14(27-2)17(25)13(8-23)18(11)28-19(26)12(9)6-16(24)22-10-3-4-15(20)21-7-10/h3-5,7-8,25H,6H2,1-2H3,(H,22,24). The first-order valence-electron chi connectivity index (χ1n) is 8.08. The van der Waals surface area contributed by atoms with E-state index in [4.69, 9.17) is 20.8 Å². The van der Waals surface area contributed by atoms with Gasteiger partial charge in [0.05, 0.1) is 31.0 Å². The lowest BCUT2D eigenvalue weighted by Gasteiger charge is -2.12. The summed E-state index contributed by atoms with van der Waals surface area (Å²) in [5, 5.41) is 13.3. The lowest BCUT2D eigenvalue weighted by molar-refractivity contribution is -0.115. The van der Waals surface area contributed by atoms with Crippen LogP contribution in [0.4, 0.5) is 5.69 Å². The Morgan fingerprint density at radius 3 is 2.79 bits per heavy atom. The second-order valence-electron chi connectivity index (χ2n) is 5.92. The van der Waals surface area contributed by atoms with Crippen molar-refractivity contribution >= 4 is 40.5 Å². The first-order chi connectivity index (χ1) is 13.3. The van der Waals surface area contributed by atoms with Crippen LogP contribution >= 0.6 is 11.6 Å². The van der Waals surface area contributed by atoms with Crippen molar-refractivity contribution in [2.24, 2.45) is 0 Å². The summed E-state index contributed by atoms with van der Waals surface area (Å²) in [4.78, 5) is 40.0. The maximum Gasteiger partial charge on any atom is 0.340 e. The molecule has 0 bridgehead atoms. The SMILES string of the molecule is COc1cc2c(C)c(CC(=O)Nc3ccc(Cl)nc3)c(=O)oc2c(C=O)c1O. The Balaban J connectivity index is 2.03. The van der Waals surface area contributed by atoms with Crippen LogP contribution in [0.1, 0.15) is 21.5 Å². The van der Waals surface area contributed by atoms with Gasteiger partial charge in [-0.25, -0.2) is 9.78 Å². The minimum atomic E-state index is -0.776. The van der Waals surface area contributed by atoms with Crippen molar-refractivity contribution in [1.82, 2.24) is 4.98 Å². The van der Waals surface area contributed by atoms with E-state index in [9.17, 15) is 19.5 Å². The van der Waals surface area contributed by atoms with Gasteiger partial charge in [-0.05, 0) is 30.7 Å². The molecule has 3 rings (SSSR count). The largest absolute Gasteiger partial charge is 0.504 e. The van der Waals surface area contributed by atoms with Crippen molar-refractivity contribution in [3.8, 4) is 11.5 Å². The van der Waals surface area contributed by atoms with Gasteiger partial charge >= 0.3 is 5.63 Å². The molecule has 0 aliphatic carbocycles. The van der Waals surface area contributed by atoms with Crippen LogP contribution in [0.2, 0.25) is 5.15 Å². The molecule has 0 aliphatic heterocycles. The summed E-state index contributed by atoms with van der Waals surface area (Å²) in [7, 11) is 1.33. The monoisotopic (exact) mass is 402 g/mol. The van der Waals surface area contributed by atoms with E-state index in [0.717, 1.165) is 0 Å². The summed E-state index contributed by atoms with van der Waals surface area (Å²) < 4.78 is 10.3. The molecule has 0 spiro atoms. The Hall–Kier alpha value is -3.39. The zero-order chi connectivity index (χ0) is 20.4. The van der Waals surface area contributed by atoms with Gasteiger partial charge in [-0.1, -0.05) is 11.6 Å². The molecule has 0 aliphatic rings. The van der Waals surface area contributed by atoms with E-state index in [0.29, 0.717) is 22.9 Å². The Labute approximate surface area is 163 Å². The normalized spacial score (nSPS) is 10.7. The molecule has 3 aromatic rings. The molecule has 2 aromatic heterocycles. The number of carbonyl (C=O) groups excluding carboxylic acids is 2. The van der Waals surface area contributed by atoms with Crippen molar-refractivity contribution < 1.29 is 23.8 Å². The van der Waals surface area contributed by atoms with Crippen LogP contribution in [-0.4, -0.2) is 29.4 Å². The fraction of sp³-hybridized carbons (Fsp3) is 0.158. The molecule has 9 heteroatoms. The number of amides is 1. The third-order valence-electron chi connectivity index (χ3n) is 4.24. The van der Waals surface area contributed by atoms with Crippen LogP contribution in [0.5, 0.6) is 11.5 Å². The molecule has 0 saturated heterocycles. The van der Waals surface area contributed by atoms with Crippen LogP contribution in [-0.2, 0) is 11.2 Å². The van der Waals surface area contributed by atoms with Crippen molar-refractivity contribution in [3.63, 3.8) is 0 Å². The van der Waals surface area contributed by atoms with Crippen LogP contribution in [0.15, 0.2) is 33.6 Å². The van der Waals surface area contributed by atoms with Gasteiger partial charge in [0.15, 0.2) is 23.4 Å². The summed E-state index contributed by atoms with van der Waals surface area (Å²) in [5.41, 5.74) is -0.0534. The molecule has 2 heterocycles. The number of anilines is 1. The van der Waals surface area contributed by atoms with E-state index >= 15 is 0 Å².